The lowest BCUT2D eigenvalue weighted by Gasteiger charge is -2.12. The highest BCUT2D eigenvalue weighted by Gasteiger charge is 2.14. The van der Waals surface area contributed by atoms with Gasteiger partial charge in [0.05, 0.1) is 12.1 Å². The van der Waals surface area contributed by atoms with Gasteiger partial charge in [0.25, 0.3) is 5.91 Å². The zero-order valence-electron chi connectivity index (χ0n) is 16.3. The summed E-state index contributed by atoms with van der Waals surface area (Å²) in [5, 5.41) is 6.91. The van der Waals surface area contributed by atoms with Crippen LogP contribution >= 0.6 is 0 Å². The molecule has 0 spiro atoms. The van der Waals surface area contributed by atoms with Gasteiger partial charge in [-0.15, -0.1) is 0 Å². The van der Waals surface area contributed by atoms with E-state index in [0.29, 0.717) is 5.56 Å². The highest BCUT2D eigenvalue weighted by molar-refractivity contribution is 6.05. The number of ether oxygens (including phenoxy) is 1. The number of hydrogen-bond acceptors (Lipinski definition) is 4. The molecule has 0 aliphatic rings. The molecule has 3 rings (SSSR count). The van der Waals surface area contributed by atoms with Crippen molar-refractivity contribution in [3.8, 4) is 0 Å². The van der Waals surface area contributed by atoms with Gasteiger partial charge in [-0.1, -0.05) is 54.6 Å². The van der Waals surface area contributed by atoms with Crippen LogP contribution in [0.5, 0.6) is 0 Å². The van der Waals surface area contributed by atoms with Gasteiger partial charge in [-0.3, -0.25) is 9.59 Å². The minimum absolute atomic E-state index is 0.210. The summed E-state index contributed by atoms with van der Waals surface area (Å²) in [7, 11) is 0. The van der Waals surface area contributed by atoms with Gasteiger partial charge in [0, 0.05) is 5.69 Å². The molecule has 0 saturated carbocycles. The van der Waals surface area contributed by atoms with Gasteiger partial charge < -0.3 is 15.4 Å². The third-order valence-electron chi connectivity index (χ3n) is 4.54. The minimum Gasteiger partial charge on any atom is -0.452 e. The van der Waals surface area contributed by atoms with Crippen molar-refractivity contribution in [3.05, 3.63) is 77.4 Å². The fourth-order valence-electron chi connectivity index (χ4n) is 3.04. The van der Waals surface area contributed by atoms with Crippen LogP contribution in [0.1, 0.15) is 21.5 Å². The molecule has 6 nitrogen and oxygen atoms in total. The molecule has 0 aliphatic carbocycles. The first-order chi connectivity index (χ1) is 14.0. The van der Waals surface area contributed by atoms with Crippen LogP contribution in [0.25, 0.3) is 10.8 Å². The number of hydrogen-bond donors (Lipinski definition) is 2. The van der Waals surface area contributed by atoms with Crippen LogP contribution in [0.3, 0.4) is 0 Å². The summed E-state index contributed by atoms with van der Waals surface area (Å²) >= 11 is 0. The van der Waals surface area contributed by atoms with Crippen molar-refractivity contribution in [2.24, 2.45) is 0 Å². The number of anilines is 1. The normalized spacial score (nSPS) is 10.4. The zero-order valence-corrected chi connectivity index (χ0v) is 16.3. The molecule has 0 atom stereocenters. The number of amides is 2. The van der Waals surface area contributed by atoms with Gasteiger partial charge in [-0.25, -0.2) is 4.79 Å². The molecule has 2 amide bonds. The van der Waals surface area contributed by atoms with Gasteiger partial charge in [-0.2, -0.15) is 0 Å². The van der Waals surface area contributed by atoms with Gasteiger partial charge in [-0.05, 0) is 41.8 Å². The Labute approximate surface area is 168 Å². The molecule has 3 aromatic carbocycles. The molecule has 0 aliphatic heterocycles. The average molecular weight is 390 g/mol. The largest absolute Gasteiger partial charge is 0.452 e. The van der Waals surface area contributed by atoms with Crippen LogP contribution in [0, 0.1) is 13.8 Å². The summed E-state index contributed by atoms with van der Waals surface area (Å²) in [5.74, 6) is -1.48. The molecule has 29 heavy (non-hydrogen) atoms. The average Bonchev–Trinajstić information content (AvgIpc) is 2.72. The molecule has 0 saturated heterocycles. The highest BCUT2D eigenvalue weighted by atomic mass is 16.5. The van der Waals surface area contributed by atoms with Gasteiger partial charge in [0.15, 0.2) is 6.61 Å². The summed E-state index contributed by atoms with van der Waals surface area (Å²) in [5.41, 5.74) is 3.00. The van der Waals surface area contributed by atoms with Crippen molar-refractivity contribution in [1.82, 2.24) is 5.32 Å². The number of benzene rings is 3. The molecule has 3 aromatic rings. The SMILES string of the molecule is Cc1cccc(C)c1NC(=O)CNC(=O)COC(=O)c1cccc2ccccc12. The number of carbonyl (C=O) groups excluding carboxylic acids is 3. The Kier molecular flexibility index (Phi) is 6.24. The molecule has 0 heterocycles. The predicted molar refractivity (Wildman–Crippen MR) is 112 cm³/mol. The summed E-state index contributed by atoms with van der Waals surface area (Å²) < 4.78 is 5.10. The monoisotopic (exact) mass is 390 g/mol. The van der Waals surface area contributed by atoms with Crippen LogP contribution < -0.4 is 10.6 Å². The summed E-state index contributed by atoms with van der Waals surface area (Å²) in [4.78, 5) is 36.4. The van der Waals surface area contributed by atoms with Crippen molar-refractivity contribution in [3.63, 3.8) is 0 Å². The second kappa shape index (κ2) is 9.01. The van der Waals surface area contributed by atoms with Crippen LogP contribution in [0.15, 0.2) is 60.7 Å². The van der Waals surface area contributed by atoms with Crippen molar-refractivity contribution in [1.29, 1.82) is 0 Å². The minimum atomic E-state index is -0.586. The van der Waals surface area contributed by atoms with Crippen LogP contribution in [-0.2, 0) is 14.3 Å². The molecule has 148 valence electrons. The Morgan fingerprint density at radius 3 is 2.24 bits per heavy atom. The first-order valence-corrected chi connectivity index (χ1v) is 9.23. The molecule has 0 aromatic heterocycles. The first kappa shape index (κ1) is 20.1. The van der Waals surface area contributed by atoms with E-state index < -0.39 is 18.5 Å². The van der Waals surface area contributed by atoms with E-state index in [2.05, 4.69) is 10.6 Å². The number of fused-ring (bicyclic) bond motifs is 1. The molecule has 2 N–H and O–H groups in total. The number of esters is 1. The Morgan fingerprint density at radius 1 is 0.828 bits per heavy atom. The van der Waals surface area contributed by atoms with Crippen LogP contribution in [0.2, 0.25) is 0 Å². The van der Waals surface area contributed by atoms with E-state index in [1.54, 1.807) is 12.1 Å². The number of nitrogens with one attached hydrogen (secondary N) is 2. The molecule has 0 radical (unpaired) electrons. The standard InChI is InChI=1S/C23H22N2O4/c1-15-7-5-8-16(2)22(15)25-20(26)13-24-21(27)14-29-23(28)19-12-6-10-17-9-3-4-11-18(17)19/h3-12H,13-14H2,1-2H3,(H,24,27)(H,25,26). The fourth-order valence-corrected chi connectivity index (χ4v) is 3.04. The van der Waals surface area contributed by atoms with Crippen LogP contribution in [-0.4, -0.2) is 30.9 Å². The maximum absolute atomic E-state index is 12.3. The van der Waals surface area contributed by atoms with E-state index in [-0.39, 0.29) is 12.5 Å². The number of aryl methyl sites for hydroxylation is 2. The Hall–Kier alpha value is -3.67. The molecular weight excluding hydrogens is 368 g/mol. The van der Waals surface area contributed by atoms with Gasteiger partial charge >= 0.3 is 5.97 Å². The van der Waals surface area contributed by atoms with Crippen LogP contribution in [0.4, 0.5) is 5.69 Å². The Bertz CT molecular complexity index is 1050. The number of rotatable bonds is 6. The Morgan fingerprint density at radius 2 is 1.48 bits per heavy atom. The van der Waals surface area contributed by atoms with Gasteiger partial charge in [0.2, 0.25) is 5.91 Å². The first-order valence-electron chi connectivity index (χ1n) is 9.23. The summed E-state index contributed by atoms with van der Waals surface area (Å²) in [6.07, 6.45) is 0. The second-order valence-corrected chi connectivity index (χ2v) is 6.69. The number of carbonyl (C=O) groups is 3. The van der Waals surface area contributed by atoms with Crippen molar-refractivity contribution < 1.29 is 19.1 Å². The lowest BCUT2D eigenvalue weighted by Crippen LogP contribution is -2.35. The lowest BCUT2D eigenvalue weighted by molar-refractivity contribution is -0.126. The van der Waals surface area contributed by atoms with Gasteiger partial charge in [0.1, 0.15) is 0 Å². The third-order valence-corrected chi connectivity index (χ3v) is 4.54. The molecule has 6 heteroatoms. The van der Waals surface area contributed by atoms with Crippen molar-refractivity contribution in [2.45, 2.75) is 13.8 Å². The maximum Gasteiger partial charge on any atom is 0.339 e. The van der Waals surface area contributed by atoms with E-state index in [4.69, 9.17) is 4.74 Å². The quantitative estimate of drug-likeness (QED) is 0.632. The maximum atomic E-state index is 12.3. The zero-order chi connectivity index (χ0) is 20.8. The third kappa shape index (κ3) is 4.99. The summed E-state index contributed by atoms with van der Waals surface area (Å²) in [6.45, 7) is 3.12. The smallest absolute Gasteiger partial charge is 0.339 e. The summed E-state index contributed by atoms with van der Waals surface area (Å²) in [6, 6.07) is 18.5. The van der Waals surface area contributed by atoms with E-state index in [0.717, 1.165) is 27.6 Å². The lowest BCUT2D eigenvalue weighted by atomic mass is 10.1. The van der Waals surface area contributed by atoms with Crippen molar-refractivity contribution in [2.75, 3.05) is 18.5 Å². The molecular formula is C23H22N2O4. The number of para-hydroxylation sites is 1. The molecule has 0 unspecified atom stereocenters. The Balaban J connectivity index is 1.51. The topological polar surface area (TPSA) is 84.5 Å². The fraction of sp³-hybridized carbons (Fsp3) is 0.174. The van der Waals surface area contributed by atoms with E-state index in [1.165, 1.54) is 0 Å². The molecule has 0 fully saturated rings. The van der Waals surface area contributed by atoms with E-state index in [1.807, 2.05) is 62.4 Å². The van der Waals surface area contributed by atoms with E-state index in [9.17, 15) is 14.4 Å². The predicted octanol–water partition coefficient (Wildman–Crippen LogP) is 3.37. The van der Waals surface area contributed by atoms with Crippen molar-refractivity contribution >= 4 is 34.2 Å². The highest BCUT2D eigenvalue weighted by Crippen LogP contribution is 2.20. The van der Waals surface area contributed by atoms with E-state index >= 15 is 0 Å². The second-order valence-electron chi connectivity index (χ2n) is 6.69. The molecule has 0 bridgehead atoms.